The Morgan fingerprint density at radius 3 is 2.24 bits per heavy atom. The molecule has 1 aromatic rings. The summed E-state index contributed by atoms with van der Waals surface area (Å²) in [6, 6.07) is 3.45. The zero-order chi connectivity index (χ0) is 13.1. The van der Waals surface area contributed by atoms with Gasteiger partial charge in [-0.05, 0) is 12.3 Å². The Morgan fingerprint density at radius 1 is 1.24 bits per heavy atom. The van der Waals surface area contributed by atoms with Gasteiger partial charge in [0.15, 0.2) is 11.5 Å². The summed E-state index contributed by atoms with van der Waals surface area (Å²) in [6.07, 6.45) is 1.90. The fraction of sp³-hybridized carbons (Fsp3) is 0.400. The van der Waals surface area contributed by atoms with Gasteiger partial charge in [-0.1, -0.05) is 6.07 Å². The lowest BCUT2D eigenvalue weighted by Gasteiger charge is -2.14. The van der Waals surface area contributed by atoms with Crippen molar-refractivity contribution in [1.82, 2.24) is 0 Å². The summed E-state index contributed by atoms with van der Waals surface area (Å²) >= 11 is 1.49. The van der Waals surface area contributed by atoms with Crippen LogP contribution in [0.1, 0.15) is 5.56 Å². The van der Waals surface area contributed by atoms with Crippen LogP contribution < -0.4 is 9.47 Å². The molecule has 0 fully saturated rings. The van der Waals surface area contributed by atoms with Crippen LogP contribution in [0.5, 0.6) is 11.5 Å². The van der Waals surface area contributed by atoms with Crippen LogP contribution in [0.25, 0.3) is 0 Å². The molecule has 0 saturated carbocycles. The molecule has 7 heteroatoms. The number of hydrogen-bond donors (Lipinski definition) is 0. The number of methoxy groups -OCH3 is 2. The third kappa shape index (κ3) is 3.69. The lowest BCUT2D eigenvalue weighted by Crippen LogP contribution is -2.01. The first kappa shape index (κ1) is 14.5. The second-order valence-electron chi connectivity index (χ2n) is 3.18. The number of thioether (sulfide) groups is 1. The van der Waals surface area contributed by atoms with Gasteiger partial charge in [-0.2, -0.15) is 0 Å². The van der Waals surface area contributed by atoms with Crippen molar-refractivity contribution in [2.45, 2.75) is 10.6 Å². The first-order valence-electron chi connectivity index (χ1n) is 4.63. The zero-order valence-electron chi connectivity index (χ0n) is 9.69. The van der Waals surface area contributed by atoms with Gasteiger partial charge >= 0.3 is 0 Å². The summed E-state index contributed by atoms with van der Waals surface area (Å²) in [7, 11) is 4.59. The molecule has 0 radical (unpaired) electrons. The van der Waals surface area contributed by atoms with Gasteiger partial charge < -0.3 is 9.47 Å². The SMILES string of the molecule is COc1c(CS(=O)(=O)Cl)ccc(SC)c1OC. The normalized spacial score (nSPS) is 11.3. The maximum absolute atomic E-state index is 11.1. The van der Waals surface area contributed by atoms with Gasteiger partial charge in [0.25, 0.3) is 0 Å². The number of rotatable bonds is 5. The average Bonchev–Trinajstić information content (AvgIpc) is 2.26. The van der Waals surface area contributed by atoms with Gasteiger partial charge in [0.2, 0.25) is 9.05 Å². The van der Waals surface area contributed by atoms with Crippen molar-refractivity contribution in [1.29, 1.82) is 0 Å². The van der Waals surface area contributed by atoms with Gasteiger partial charge in [0, 0.05) is 16.2 Å². The van der Waals surface area contributed by atoms with Crippen LogP contribution in [0.15, 0.2) is 17.0 Å². The summed E-state index contributed by atoms with van der Waals surface area (Å²) in [5, 5.41) is 0. The van der Waals surface area contributed by atoms with E-state index in [1.54, 1.807) is 12.1 Å². The average molecular weight is 297 g/mol. The maximum Gasteiger partial charge on any atom is 0.236 e. The van der Waals surface area contributed by atoms with Gasteiger partial charge in [0.05, 0.1) is 24.9 Å². The number of benzene rings is 1. The van der Waals surface area contributed by atoms with Gasteiger partial charge in [-0.25, -0.2) is 8.42 Å². The van der Waals surface area contributed by atoms with Crippen LogP contribution in [0.2, 0.25) is 0 Å². The van der Waals surface area contributed by atoms with Crippen LogP contribution in [0.3, 0.4) is 0 Å². The Bertz CT molecular complexity index is 499. The molecule has 0 spiro atoms. The van der Waals surface area contributed by atoms with Gasteiger partial charge in [0.1, 0.15) is 0 Å². The third-order valence-electron chi connectivity index (χ3n) is 2.11. The van der Waals surface area contributed by atoms with E-state index >= 15 is 0 Å². The molecular formula is C10H13ClO4S2. The van der Waals surface area contributed by atoms with Crippen molar-refractivity contribution in [3.05, 3.63) is 17.7 Å². The molecule has 0 aliphatic heterocycles. The Balaban J connectivity index is 3.33. The minimum absolute atomic E-state index is 0.289. The second kappa shape index (κ2) is 5.84. The van der Waals surface area contributed by atoms with Crippen molar-refractivity contribution in [2.75, 3.05) is 20.5 Å². The van der Waals surface area contributed by atoms with Crippen LogP contribution >= 0.6 is 22.4 Å². The molecule has 0 saturated heterocycles. The first-order valence-corrected chi connectivity index (χ1v) is 8.33. The summed E-state index contributed by atoms with van der Waals surface area (Å²) < 4.78 is 32.6. The summed E-state index contributed by atoms with van der Waals surface area (Å²) in [5.41, 5.74) is 0.483. The monoisotopic (exact) mass is 296 g/mol. The fourth-order valence-corrected chi connectivity index (χ4v) is 2.98. The molecule has 0 amide bonds. The van der Waals surface area contributed by atoms with E-state index in [1.807, 2.05) is 6.26 Å². The molecule has 1 rings (SSSR count). The molecule has 4 nitrogen and oxygen atoms in total. The molecule has 0 N–H and O–H groups in total. The maximum atomic E-state index is 11.1. The molecule has 0 aliphatic carbocycles. The van der Waals surface area contributed by atoms with E-state index in [2.05, 4.69) is 0 Å². The van der Waals surface area contributed by atoms with Crippen molar-refractivity contribution < 1.29 is 17.9 Å². The minimum Gasteiger partial charge on any atom is -0.492 e. The molecule has 0 heterocycles. The molecule has 96 valence electrons. The molecule has 1 aromatic carbocycles. The van der Waals surface area contributed by atoms with Crippen LogP contribution in [0.4, 0.5) is 0 Å². The van der Waals surface area contributed by atoms with E-state index in [-0.39, 0.29) is 5.75 Å². The lowest BCUT2D eigenvalue weighted by atomic mass is 10.2. The van der Waals surface area contributed by atoms with E-state index < -0.39 is 9.05 Å². The topological polar surface area (TPSA) is 52.6 Å². The van der Waals surface area contributed by atoms with Crippen LogP contribution in [-0.4, -0.2) is 28.9 Å². The molecule has 0 atom stereocenters. The highest BCUT2D eigenvalue weighted by molar-refractivity contribution is 8.13. The molecule has 17 heavy (non-hydrogen) atoms. The van der Waals surface area contributed by atoms with Crippen molar-refractivity contribution in [2.24, 2.45) is 0 Å². The minimum atomic E-state index is -3.62. The predicted octanol–water partition coefficient (Wildman–Crippen LogP) is 2.49. The fourth-order valence-electron chi connectivity index (χ4n) is 1.46. The summed E-state index contributed by atoms with van der Waals surface area (Å²) in [6.45, 7) is 0. The molecule has 0 bridgehead atoms. The summed E-state index contributed by atoms with van der Waals surface area (Å²) in [4.78, 5) is 0.875. The molecule has 0 unspecified atom stereocenters. The quantitative estimate of drug-likeness (QED) is 0.617. The highest BCUT2D eigenvalue weighted by Gasteiger charge is 2.18. The third-order valence-corrected chi connectivity index (χ3v) is 3.86. The van der Waals surface area contributed by atoms with E-state index in [0.29, 0.717) is 17.1 Å². The molecule has 0 aliphatic rings. The first-order chi connectivity index (χ1) is 7.92. The Morgan fingerprint density at radius 2 is 1.82 bits per heavy atom. The second-order valence-corrected chi connectivity index (χ2v) is 6.80. The lowest BCUT2D eigenvalue weighted by molar-refractivity contribution is 0.345. The molecular weight excluding hydrogens is 284 g/mol. The Kier molecular flexibility index (Phi) is 4.97. The van der Waals surface area contributed by atoms with Crippen LogP contribution in [0, 0.1) is 0 Å². The molecule has 0 aromatic heterocycles. The van der Waals surface area contributed by atoms with E-state index in [9.17, 15) is 8.42 Å². The summed E-state index contributed by atoms with van der Waals surface area (Å²) in [5.74, 6) is 0.643. The van der Waals surface area contributed by atoms with Crippen molar-refractivity contribution in [3.63, 3.8) is 0 Å². The Labute approximate surface area is 110 Å². The smallest absolute Gasteiger partial charge is 0.236 e. The zero-order valence-corrected chi connectivity index (χ0v) is 12.1. The highest BCUT2D eigenvalue weighted by atomic mass is 35.7. The highest BCUT2D eigenvalue weighted by Crippen LogP contribution is 2.40. The van der Waals surface area contributed by atoms with E-state index in [1.165, 1.54) is 26.0 Å². The standard InChI is InChI=1S/C10H13ClO4S2/c1-14-9-7(6-17(11,12)13)4-5-8(16-3)10(9)15-2/h4-5H,6H2,1-3H3. The van der Waals surface area contributed by atoms with Crippen molar-refractivity contribution >= 4 is 31.5 Å². The van der Waals surface area contributed by atoms with E-state index in [4.69, 9.17) is 20.2 Å². The van der Waals surface area contributed by atoms with Gasteiger partial charge in [-0.3, -0.25) is 0 Å². The largest absolute Gasteiger partial charge is 0.492 e. The van der Waals surface area contributed by atoms with Crippen LogP contribution in [-0.2, 0) is 14.8 Å². The van der Waals surface area contributed by atoms with Crippen molar-refractivity contribution in [3.8, 4) is 11.5 Å². The van der Waals surface area contributed by atoms with E-state index in [0.717, 1.165) is 4.90 Å². The number of ether oxygens (including phenoxy) is 2. The van der Waals surface area contributed by atoms with Gasteiger partial charge in [-0.15, -0.1) is 11.8 Å². The number of halogens is 1. The Hall–Kier alpha value is -0.590. The predicted molar refractivity (Wildman–Crippen MR) is 69.8 cm³/mol. The number of hydrogen-bond acceptors (Lipinski definition) is 5.